The van der Waals surface area contributed by atoms with E-state index in [1.165, 1.54) is 0 Å². The molecule has 1 aliphatic heterocycles. The van der Waals surface area contributed by atoms with E-state index in [9.17, 15) is 0 Å². The first-order chi connectivity index (χ1) is 8.57. The third-order valence-electron chi connectivity index (χ3n) is 3.19. The fourth-order valence-electron chi connectivity index (χ4n) is 2.12. The maximum atomic E-state index is 5.88. The minimum absolute atomic E-state index is 0.366. The van der Waals surface area contributed by atoms with Crippen LogP contribution in [-0.4, -0.2) is 23.7 Å². The van der Waals surface area contributed by atoms with Gasteiger partial charge in [-0.15, -0.1) is 0 Å². The van der Waals surface area contributed by atoms with Gasteiger partial charge in [-0.1, -0.05) is 12.2 Å². The summed E-state index contributed by atoms with van der Waals surface area (Å²) in [4.78, 5) is 7.73. The molecule has 1 saturated heterocycles. The van der Waals surface area contributed by atoms with Gasteiger partial charge in [-0.2, -0.15) is 0 Å². The summed E-state index contributed by atoms with van der Waals surface area (Å²) in [6.07, 6.45) is 3.21. The lowest BCUT2D eigenvalue weighted by atomic mass is 9.95. The van der Waals surface area contributed by atoms with Crippen LogP contribution in [0.15, 0.2) is 4.47 Å². The number of hydrogen-bond donors (Lipinski definition) is 1. The first kappa shape index (κ1) is 14.1. The highest BCUT2D eigenvalue weighted by Gasteiger charge is 2.32. The molecule has 0 bridgehead atoms. The molecule has 0 radical (unpaired) electrons. The Kier molecular flexibility index (Phi) is 4.53. The largest absolute Gasteiger partial charge is 0.378 e. The molecule has 1 aliphatic rings. The fourth-order valence-corrected chi connectivity index (χ4v) is 2.64. The smallest absolute Gasteiger partial charge is 0.144 e. The lowest BCUT2D eigenvalue weighted by Crippen LogP contribution is -2.32. The number of H-pyrrole nitrogens is 1. The van der Waals surface area contributed by atoms with Crippen molar-refractivity contribution in [3.05, 3.63) is 20.6 Å². The molecule has 1 atom stereocenters. The average Bonchev–Trinajstić information content (AvgIpc) is 2.36. The average molecular weight is 333 g/mol. The highest BCUT2D eigenvalue weighted by atomic mass is 79.9. The van der Waals surface area contributed by atoms with Gasteiger partial charge < -0.3 is 14.5 Å². The van der Waals surface area contributed by atoms with Crippen LogP contribution in [-0.2, 0) is 21.7 Å². The summed E-state index contributed by atoms with van der Waals surface area (Å²) in [5, 5.41) is 0. The van der Waals surface area contributed by atoms with E-state index in [4.69, 9.17) is 21.7 Å². The van der Waals surface area contributed by atoms with Gasteiger partial charge >= 0.3 is 0 Å². The molecule has 1 unspecified atom stereocenters. The van der Waals surface area contributed by atoms with E-state index in [0.717, 1.165) is 41.9 Å². The second-order valence-electron chi connectivity index (χ2n) is 4.65. The molecule has 1 N–H and O–H groups in total. The maximum Gasteiger partial charge on any atom is 0.144 e. The molecule has 4 nitrogen and oxygen atoms in total. The number of nitrogens with one attached hydrogen (secondary N) is 1. The number of nitrogens with zero attached hydrogens (tertiary/aromatic N) is 1. The number of ether oxygens (including phenoxy) is 2. The molecule has 18 heavy (non-hydrogen) atoms. The first-order valence-electron chi connectivity index (χ1n) is 5.99. The Morgan fingerprint density at radius 3 is 2.94 bits per heavy atom. The molecule has 1 aromatic rings. The zero-order valence-electron chi connectivity index (χ0n) is 10.6. The summed E-state index contributed by atoms with van der Waals surface area (Å²) in [6, 6.07) is 0. The van der Waals surface area contributed by atoms with Crippen LogP contribution in [0.5, 0.6) is 0 Å². The van der Waals surface area contributed by atoms with E-state index >= 15 is 0 Å². The summed E-state index contributed by atoms with van der Waals surface area (Å²) in [5.74, 6) is 0.794. The third-order valence-corrected chi connectivity index (χ3v) is 4.61. The van der Waals surface area contributed by atoms with E-state index < -0.39 is 0 Å². The number of aromatic nitrogens is 2. The molecule has 100 valence electrons. The maximum absolute atomic E-state index is 5.88. The number of rotatable bonds is 3. The van der Waals surface area contributed by atoms with Gasteiger partial charge in [0.05, 0.1) is 16.8 Å². The normalized spacial score (nSPS) is 24.2. The lowest BCUT2D eigenvalue weighted by molar-refractivity contribution is -0.0763. The van der Waals surface area contributed by atoms with Crippen LogP contribution in [0.25, 0.3) is 0 Å². The molecule has 2 rings (SSSR count). The van der Waals surface area contributed by atoms with Crippen molar-refractivity contribution >= 4 is 28.1 Å². The second kappa shape index (κ2) is 5.77. The van der Waals surface area contributed by atoms with Crippen LogP contribution >= 0.6 is 28.1 Å². The predicted octanol–water partition coefficient (Wildman–Crippen LogP) is 3.46. The number of hydrogen-bond acceptors (Lipinski definition) is 4. The predicted molar refractivity (Wildman–Crippen MR) is 75.0 cm³/mol. The van der Waals surface area contributed by atoms with E-state index in [0.29, 0.717) is 11.2 Å². The van der Waals surface area contributed by atoms with Gasteiger partial charge in [0.1, 0.15) is 16.1 Å². The molecule has 6 heteroatoms. The Morgan fingerprint density at radius 2 is 2.33 bits per heavy atom. The Balaban J connectivity index is 2.41. The van der Waals surface area contributed by atoms with Gasteiger partial charge in [0.25, 0.3) is 0 Å². The van der Waals surface area contributed by atoms with Gasteiger partial charge in [-0.05, 0) is 42.1 Å². The summed E-state index contributed by atoms with van der Waals surface area (Å²) in [7, 11) is 1.66. The van der Waals surface area contributed by atoms with Gasteiger partial charge in [-0.3, -0.25) is 0 Å². The highest BCUT2D eigenvalue weighted by molar-refractivity contribution is 9.10. The van der Waals surface area contributed by atoms with Crippen LogP contribution in [0.4, 0.5) is 0 Å². The molecule has 1 aromatic heterocycles. The van der Waals surface area contributed by atoms with Crippen molar-refractivity contribution in [1.82, 2.24) is 9.97 Å². The van der Waals surface area contributed by atoms with Crippen molar-refractivity contribution in [1.29, 1.82) is 0 Å². The highest BCUT2D eigenvalue weighted by Crippen LogP contribution is 2.33. The van der Waals surface area contributed by atoms with E-state index in [1.807, 2.05) is 0 Å². The molecular weight excluding hydrogens is 316 g/mol. The van der Waals surface area contributed by atoms with Gasteiger partial charge in [0.2, 0.25) is 0 Å². The quantitative estimate of drug-likeness (QED) is 0.861. The number of methoxy groups -OCH3 is 1. The summed E-state index contributed by atoms with van der Waals surface area (Å²) in [5.41, 5.74) is 0.539. The van der Waals surface area contributed by atoms with Crippen molar-refractivity contribution in [3.63, 3.8) is 0 Å². The molecule has 1 fully saturated rings. The standard InChI is InChI=1S/C12H17BrN2O2S/c1-12(5-3-4-6-17-12)11-14-8(7-16-2)9(13)10(18)15-11/h3-7H2,1-2H3,(H,14,15,18). The van der Waals surface area contributed by atoms with E-state index in [-0.39, 0.29) is 5.60 Å². The van der Waals surface area contributed by atoms with Gasteiger partial charge in [0.15, 0.2) is 0 Å². The van der Waals surface area contributed by atoms with Crippen molar-refractivity contribution < 1.29 is 9.47 Å². The Labute approximate surface area is 120 Å². The topological polar surface area (TPSA) is 47.1 Å². The summed E-state index contributed by atoms with van der Waals surface area (Å²) >= 11 is 8.71. The van der Waals surface area contributed by atoms with Crippen molar-refractivity contribution in [2.75, 3.05) is 13.7 Å². The Bertz CT molecular complexity index is 483. The SMILES string of the molecule is COCc1[nH]c(C2(C)CCCCO2)nc(=S)c1Br. The van der Waals surface area contributed by atoms with E-state index in [2.05, 4.69) is 32.8 Å². The van der Waals surface area contributed by atoms with Crippen molar-refractivity contribution in [3.8, 4) is 0 Å². The molecule has 0 aromatic carbocycles. The Morgan fingerprint density at radius 1 is 1.56 bits per heavy atom. The summed E-state index contributed by atoms with van der Waals surface area (Å²) < 4.78 is 12.4. The lowest BCUT2D eigenvalue weighted by Gasteiger charge is -2.33. The summed E-state index contributed by atoms with van der Waals surface area (Å²) in [6.45, 7) is 3.30. The van der Waals surface area contributed by atoms with Crippen LogP contribution in [0, 0.1) is 4.64 Å². The Hall–Kier alpha value is -0.300. The molecule has 0 amide bonds. The monoisotopic (exact) mass is 332 g/mol. The molecule has 0 aliphatic carbocycles. The first-order valence-corrected chi connectivity index (χ1v) is 7.19. The molecular formula is C12H17BrN2O2S. The zero-order chi connectivity index (χ0) is 13.2. The molecule has 2 heterocycles. The van der Waals surface area contributed by atoms with Crippen LogP contribution in [0.3, 0.4) is 0 Å². The minimum atomic E-state index is -0.366. The number of aromatic amines is 1. The van der Waals surface area contributed by atoms with Crippen LogP contribution < -0.4 is 0 Å². The van der Waals surface area contributed by atoms with Crippen LogP contribution in [0.2, 0.25) is 0 Å². The zero-order valence-corrected chi connectivity index (χ0v) is 13.0. The number of halogens is 1. The second-order valence-corrected chi connectivity index (χ2v) is 5.83. The molecule has 0 saturated carbocycles. The molecule has 0 spiro atoms. The van der Waals surface area contributed by atoms with Crippen molar-refractivity contribution in [2.45, 2.75) is 38.4 Å². The van der Waals surface area contributed by atoms with Gasteiger partial charge in [-0.25, -0.2) is 4.98 Å². The fraction of sp³-hybridized carbons (Fsp3) is 0.667. The minimum Gasteiger partial charge on any atom is -0.378 e. The van der Waals surface area contributed by atoms with Crippen molar-refractivity contribution in [2.24, 2.45) is 0 Å². The van der Waals surface area contributed by atoms with Crippen LogP contribution in [0.1, 0.15) is 37.7 Å². The third kappa shape index (κ3) is 2.82. The van der Waals surface area contributed by atoms with E-state index in [1.54, 1.807) is 7.11 Å². The van der Waals surface area contributed by atoms with Gasteiger partial charge in [0, 0.05) is 13.7 Å².